The molecule has 0 fully saturated rings. The van der Waals surface area contributed by atoms with E-state index in [-0.39, 0.29) is 11.7 Å². The smallest absolute Gasteiger partial charge is 0.356 e. The van der Waals surface area contributed by atoms with E-state index in [4.69, 9.17) is 14.2 Å². The Kier molecular flexibility index (Phi) is 7.14. The van der Waals surface area contributed by atoms with Crippen LogP contribution >= 0.6 is 0 Å². The second-order valence-electron chi connectivity index (χ2n) is 8.76. The Labute approximate surface area is 214 Å². The van der Waals surface area contributed by atoms with Crippen LogP contribution in [0.5, 0.6) is 11.5 Å². The normalized spacial score (nSPS) is 12.9. The monoisotopic (exact) mass is 500 g/mol. The van der Waals surface area contributed by atoms with Gasteiger partial charge in [-0.3, -0.25) is 4.68 Å². The van der Waals surface area contributed by atoms with Crippen molar-refractivity contribution in [3.05, 3.63) is 89.1 Å². The number of aromatic carboxylic acids is 1. The minimum atomic E-state index is -1.04. The van der Waals surface area contributed by atoms with Gasteiger partial charge in [-0.2, -0.15) is 5.10 Å². The second-order valence-corrected chi connectivity index (χ2v) is 8.76. The Bertz CT molecular complexity index is 1400. The van der Waals surface area contributed by atoms with E-state index in [0.717, 1.165) is 45.0 Å². The number of aromatic nitrogens is 4. The van der Waals surface area contributed by atoms with Gasteiger partial charge in [-0.1, -0.05) is 12.1 Å². The Hall–Kier alpha value is -4.24. The summed E-state index contributed by atoms with van der Waals surface area (Å²) in [6, 6.07) is 13.3. The summed E-state index contributed by atoms with van der Waals surface area (Å²) in [7, 11) is 1.63. The molecule has 5 rings (SSSR count). The number of hydrogen-bond acceptors (Lipinski definition) is 7. The van der Waals surface area contributed by atoms with Crippen LogP contribution in [0.4, 0.5) is 0 Å². The summed E-state index contributed by atoms with van der Waals surface area (Å²) in [6.07, 6.45) is 6.19. The number of ether oxygens (including phenoxy) is 3. The van der Waals surface area contributed by atoms with Crippen molar-refractivity contribution in [2.75, 3.05) is 20.3 Å². The van der Waals surface area contributed by atoms with Crippen molar-refractivity contribution in [1.82, 2.24) is 19.7 Å². The molecule has 0 saturated heterocycles. The Balaban J connectivity index is 1.55. The lowest BCUT2D eigenvalue weighted by Gasteiger charge is -2.24. The number of carbonyl (C=O) groups is 1. The van der Waals surface area contributed by atoms with Crippen molar-refractivity contribution >= 4 is 5.97 Å². The highest BCUT2D eigenvalue weighted by Crippen LogP contribution is 2.40. The summed E-state index contributed by atoms with van der Waals surface area (Å²) in [5, 5.41) is 14.6. The van der Waals surface area contributed by atoms with Gasteiger partial charge >= 0.3 is 5.97 Å². The van der Waals surface area contributed by atoms with Gasteiger partial charge in [0.25, 0.3) is 0 Å². The molecule has 2 aromatic heterocycles. The highest BCUT2D eigenvalue weighted by atomic mass is 16.5. The van der Waals surface area contributed by atoms with Crippen LogP contribution in [-0.2, 0) is 24.2 Å². The number of benzene rings is 2. The lowest BCUT2D eigenvalue weighted by atomic mass is 9.88. The zero-order valence-electron chi connectivity index (χ0n) is 20.8. The third-order valence-corrected chi connectivity index (χ3v) is 6.38. The molecule has 1 aliphatic carbocycles. The molecule has 0 saturated carbocycles. The number of carboxylic acid groups (broad SMARTS) is 1. The number of rotatable bonds is 10. The Morgan fingerprint density at radius 1 is 1.08 bits per heavy atom. The molecule has 0 amide bonds. The fourth-order valence-corrected chi connectivity index (χ4v) is 4.76. The van der Waals surface area contributed by atoms with Crippen LogP contribution in [0.15, 0.2) is 61.2 Å². The highest BCUT2D eigenvalue weighted by Gasteiger charge is 2.31. The summed E-state index contributed by atoms with van der Waals surface area (Å²) >= 11 is 0. The standard InChI is InChI=1S/C28H28N4O5/c1-3-36-21-6-4-5-20(12-21)25(16-35-2)32-27-23-10-8-22(37-15-18-13-29-17-30-14-18)11-19(23)7-9-24(27)26(31-32)28(33)34/h4-6,8,10-14,17,25H,3,7,9,15-16H2,1-2H3,(H,33,34). The minimum absolute atomic E-state index is 0.0760. The van der Waals surface area contributed by atoms with Gasteiger partial charge in [-0.05, 0) is 61.2 Å². The molecule has 0 radical (unpaired) electrons. The second kappa shape index (κ2) is 10.8. The van der Waals surface area contributed by atoms with E-state index in [2.05, 4.69) is 15.1 Å². The molecule has 2 aromatic carbocycles. The van der Waals surface area contributed by atoms with Crippen molar-refractivity contribution in [2.24, 2.45) is 0 Å². The number of methoxy groups -OCH3 is 1. The first-order chi connectivity index (χ1) is 18.1. The quantitative estimate of drug-likeness (QED) is 0.342. The van der Waals surface area contributed by atoms with Gasteiger partial charge in [-0.15, -0.1) is 0 Å². The number of nitrogens with zero attached hydrogens (tertiary/aromatic N) is 4. The Morgan fingerprint density at radius 2 is 1.89 bits per heavy atom. The van der Waals surface area contributed by atoms with Crippen LogP contribution in [0.2, 0.25) is 0 Å². The molecule has 4 aromatic rings. The van der Waals surface area contributed by atoms with Gasteiger partial charge in [0, 0.05) is 36.2 Å². The molecule has 1 atom stereocenters. The third-order valence-electron chi connectivity index (χ3n) is 6.38. The molecule has 9 heteroatoms. The SMILES string of the molecule is CCOc1cccc(C(COC)n2nc(C(=O)O)c3c2-c2ccc(OCc4cncnc4)cc2CC3)c1. The Morgan fingerprint density at radius 3 is 2.65 bits per heavy atom. The van der Waals surface area contributed by atoms with Gasteiger partial charge in [0.1, 0.15) is 30.5 Å². The molecular weight excluding hydrogens is 472 g/mol. The summed E-state index contributed by atoms with van der Waals surface area (Å²) < 4.78 is 19.1. The predicted molar refractivity (Wildman–Crippen MR) is 136 cm³/mol. The number of hydrogen-bond donors (Lipinski definition) is 1. The van der Waals surface area contributed by atoms with Crippen molar-refractivity contribution in [3.63, 3.8) is 0 Å². The molecule has 190 valence electrons. The van der Waals surface area contributed by atoms with Crippen LogP contribution in [0, 0.1) is 0 Å². The van der Waals surface area contributed by atoms with Crippen molar-refractivity contribution in [2.45, 2.75) is 32.4 Å². The molecule has 1 unspecified atom stereocenters. The van der Waals surface area contributed by atoms with E-state index in [1.54, 1.807) is 24.2 Å². The summed E-state index contributed by atoms with van der Waals surface area (Å²) in [4.78, 5) is 20.2. The van der Waals surface area contributed by atoms with E-state index in [1.165, 1.54) is 6.33 Å². The number of carboxylic acids is 1. The molecule has 9 nitrogen and oxygen atoms in total. The van der Waals surface area contributed by atoms with E-state index in [0.29, 0.717) is 32.7 Å². The zero-order valence-corrected chi connectivity index (χ0v) is 20.8. The molecule has 0 spiro atoms. The van der Waals surface area contributed by atoms with E-state index in [9.17, 15) is 9.90 Å². The van der Waals surface area contributed by atoms with Crippen molar-refractivity contribution < 1.29 is 24.1 Å². The minimum Gasteiger partial charge on any atom is -0.494 e. The van der Waals surface area contributed by atoms with Crippen LogP contribution < -0.4 is 9.47 Å². The van der Waals surface area contributed by atoms with Gasteiger partial charge in [-0.25, -0.2) is 14.8 Å². The van der Waals surface area contributed by atoms with Gasteiger partial charge < -0.3 is 19.3 Å². The fraction of sp³-hybridized carbons (Fsp3) is 0.286. The molecule has 0 bridgehead atoms. The van der Waals surface area contributed by atoms with Crippen LogP contribution in [0.3, 0.4) is 0 Å². The maximum absolute atomic E-state index is 12.2. The van der Waals surface area contributed by atoms with Crippen LogP contribution in [-0.4, -0.2) is 51.1 Å². The van der Waals surface area contributed by atoms with E-state index in [1.807, 2.05) is 49.4 Å². The van der Waals surface area contributed by atoms with E-state index >= 15 is 0 Å². The highest BCUT2D eigenvalue weighted by molar-refractivity contribution is 5.90. The predicted octanol–water partition coefficient (Wildman–Crippen LogP) is 4.35. The lowest BCUT2D eigenvalue weighted by Crippen LogP contribution is -2.20. The first-order valence-corrected chi connectivity index (χ1v) is 12.1. The van der Waals surface area contributed by atoms with Crippen molar-refractivity contribution in [3.8, 4) is 22.8 Å². The van der Waals surface area contributed by atoms with Crippen LogP contribution in [0.1, 0.15) is 45.7 Å². The van der Waals surface area contributed by atoms with Gasteiger partial charge in [0.15, 0.2) is 5.69 Å². The average Bonchev–Trinajstić information content (AvgIpc) is 3.31. The molecule has 1 aliphatic rings. The maximum Gasteiger partial charge on any atom is 0.356 e. The molecule has 1 N–H and O–H groups in total. The summed E-state index contributed by atoms with van der Waals surface area (Å²) in [5.74, 6) is 0.433. The summed E-state index contributed by atoms with van der Waals surface area (Å²) in [6.45, 7) is 3.16. The lowest BCUT2D eigenvalue weighted by molar-refractivity contribution is 0.0687. The molecular formula is C28H28N4O5. The molecule has 0 aliphatic heterocycles. The first kappa shape index (κ1) is 24.5. The van der Waals surface area contributed by atoms with Gasteiger partial charge in [0.2, 0.25) is 0 Å². The maximum atomic E-state index is 12.2. The number of fused-ring (bicyclic) bond motifs is 3. The molecule has 37 heavy (non-hydrogen) atoms. The summed E-state index contributed by atoms with van der Waals surface area (Å²) in [5.41, 5.74) is 5.43. The van der Waals surface area contributed by atoms with E-state index < -0.39 is 5.97 Å². The molecule has 2 heterocycles. The fourth-order valence-electron chi connectivity index (χ4n) is 4.76. The van der Waals surface area contributed by atoms with Crippen molar-refractivity contribution in [1.29, 1.82) is 0 Å². The topological polar surface area (TPSA) is 109 Å². The first-order valence-electron chi connectivity index (χ1n) is 12.1. The van der Waals surface area contributed by atoms with Crippen LogP contribution in [0.25, 0.3) is 11.3 Å². The van der Waals surface area contributed by atoms with Gasteiger partial charge in [0.05, 0.1) is 18.9 Å². The third kappa shape index (κ3) is 5.03. The average molecular weight is 501 g/mol. The number of aryl methyl sites for hydroxylation is 1. The zero-order chi connectivity index (χ0) is 25.8. The largest absolute Gasteiger partial charge is 0.494 e.